The van der Waals surface area contributed by atoms with Gasteiger partial charge in [0, 0.05) is 30.8 Å². The van der Waals surface area contributed by atoms with Crippen molar-refractivity contribution < 1.29 is 13.2 Å². The number of fused-ring (bicyclic) bond motifs is 1. The molecule has 6 nitrogen and oxygen atoms in total. The van der Waals surface area contributed by atoms with Crippen LogP contribution in [-0.4, -0.2) is 29.9 Å². The number of aryl methyl sites for hydroxylation is 1. The van der Waals surface area contributed by atoms with Gasteiger partial charge in [-0.1, -0.05) is 18.2 Å². The molecule has 1 aliphatic heterocycles. The third-order valence-electron chi connectivity index (χ3n) is 4.24. The molecule has 2 heterocycles. The first-order valence-electron chi connectivity index (χ1n) is 8.14. The molecule has 1 aromatic carbocycles. The summed E-state index contributed by atoms with van der Waals surface area (Å²) in [5.41, 5.74) is 2.20. The summed E-state index contributed by atoms with van der Waals surface area (Å²) in [5.74, 6) is -0.445. The van der Waals surface area contributed by atoms with Gasteiger partial charge in [0.1, 0.15) is 0 Å². The molecule has 7 heteroatoms. The van der Waals surface area contributed by atoms with Crippen LogP contribution in [0.1, 0.15) is 30.5 Å². The Kier molecular flexibility index (Phi) is 4.99. The lowest BCUT2D eigenvalue weighted by Crippen LogP contribution is -2.26. The fourth-order valence-electron chi connectivity index (χ4n) is 2.89. The Morgan fingerprint density at radius 2 is 2.00 bits per heavy atom. The molecular weight excluding hydrogens is 326 g/mol. The van der Waals surface area contributed by atoms with Gasteiger partial charge in [0.2, 0.25) is 5.91 Å². The third kappa shape index (κ3) is 3.84. The lowest BCUT2D eigenvalue weighted by molar-refractivity contribution is -0.120. The second-order valence-corrected chi connectivity index (χ2v) is 8.06. The van der Waals surface area contributed by atoms with Gasteiger partial charge in [-0.05, 0) is 31.4 Å². The molecule has 0 unspecified atom stereocenters. The maximum absolute atomic E-state index is 12.2. The van der Waals surface area contributed by atoms with E-state index in [0.717, 1.165) is 31.4 Å². The average molecular weight is 347 g/mol. The van der Waals surface area contributed by atoms with Gasteiger partial charge in [0.05, 0.1) is 16.8 Å². The molecular formula is C17H21N3O3S. The molecule has 1 N–H and O–H groups in total. The molecule has 0 saturated carbocycles. The van der Waals surface area contributed by atoms with Crippen molar-refractivity contribution in [3.05, 3.63) is 47.8 Å². The van der Waals surface area contributed by atoms with E-state index in [4.69, 9.17) is 0 Å². The lowest BCUT2D eigenvalue weighted by Gasteiger charge is -2.15. The van der Waals surface area contributed by atoms with Crippen LogP contribution in [0.3, 0.4) is 0 Å². The summed E-state index contributed by atoms with van der Waals surface area (Å²) in [6.07, 6.45) is 5.01. The number of amides is 1. The first-order valence-corrected chi connectivity index (χ1v) is 9.79. The van der Waals surface area contributed by atoms with Crippen molar-refractivity contribution in [2.24, 2.45) is 0 Å². The number of carbonyl (C=O) groups is 1. The van der Waals surface area contributed by atoms with Gasteiger partial charge >= 0.3 is 0 Å². The monoisotopic (exact) mass is 347 g/mol. The molecule has 128 valence electrons. The van der Waals surface area contributed by atoms with Crippen LogP contribution < -0.4 is 5.32 Å². The Bertz CT molecular complexity index is 813. The van der Waals surface area contributed by atoms with E-state index in [2.05, 4.69) is 10.4 Å². The van der Waals surface area contributed by atoms with Crippen molar-refractivity contribution >= 4 is 15.7 Å². The van der Waals surface area contributed by atoms with Gasteiger partial charge in [-0.15, -0.1) is 0 Å². The fourth-order valence-corrected chi connectivity index (χ4v) is 4.15. The molecule has 0 atom stereocenters. The predicted molar refractivity (Wildman–Crippen MR) is 90.1 cm³/mol. The van der Waals surface area contributed by atoms with Gasteiger partial charge in [-0.3, -0.25) is 9.48 Å². The maximum atomic E-state index is 12.2. The highest BCUT2D eigenvalue weighted by Crippen LogP contribution is 2.18. The fraction of sp³-hybridized carbons (Fsp3) is 0.412. The van der Waals surface area contributed by atoms with E-state index >= 15 is 0 Å². The van der Waals surface area contributed by atoms with Gasteiger partial charge in [0.15, 0.2) is 9.84 Å². The van der Waals surface area contributed by atoms with Gasteiger partial charge < -0.3 is 5.32 Å². The number of nitrogens with zero attached hydrogens (tertiary/aromatic N) is 2. The summed E-state index contributed by atoms with van der Waals surface area (Å²) in [7, 11) is -3.42. The van der Waals surface area contributed by atoms with Crippen molar-refractivity contribution in [3.63, 3.8) is 0 Å². The lowest BCUT2D eigenvalue weighted by atomic mass is 10.1. The summed E-state index contributed by atoms with van der Waals surface area (Å²) >= 11 is 0. The van der Waals surface area contributed by atoms with E-state index in [-0.39, 0.29) is 23.0 Å². The molecule has 1 aliphatic rings. The summed E-state index contributed by atoms with van der Waals surface area (Å²) in [6.45, 7) is 1.33. The molecule has 24 heavy (non-hydrogen) atoms. The molecule has 1 aromatic heterocycles. The minimum atomic E-state index is -3.42. The number of sulfone groups is 1. The van der Waals surface area contributed by atoms with E-state index in [1.807, 2.05) is 4.68 Å². The Hall–Kier alpha value is -2.15. The highest BCUT2D eigenvalue weighted by atomic mass is 32.2. The van der Waals surface area contributed by atoms with Crippen molar-refractivity contribution in [2.45, 2.75) is 43.7 Å². The Labute approximate surface area is 141 Å². The minimum absolute atomic E-state index is 0.0410. The summed E-state index contributed by atoms with van der Waals surface area (Å²) in [4.78, 5) is 12.2. The predicted octanol–water partition coefficient (Wildman–Crippen LogP) is 1.70. The van der Waals surface area contributed by atoms with Gasteiger partial charge in [-0.2, -0.15) is 5.10 Å². The maximum Gasteiger partial charge on any atom is 0.221 e. The minimum Gasteiger partial charge on any atom is -0.352 e. The normalized spacial score (nSPS) is 14.2. The van der Waals surface area contributed by atoms with Crippen LogP contribution in [0.4, 0.5) is 0 Å². The number of benzene rings is 1. The summed E-state index contributed by atoms with van der Waals surface area (Å²) < 4.78 is 26.3. The van der Waals surface area contributed by atoms with E-state index < -0.39 is 9.84 Å². The Balaban J connectivity index is 1.52. The van der Waals surface area contributed by atoms with Crippen LogP contribution in [0.15, 0.2) is 41.4 Å². The van der Waals surface area contributed by atoms with Gasteiger partial charge in [-0.25, -0.2) is 8.42 Å². The van der Waals surface area contributed by atoms with Gasteiger partial charge in [0.25, 0.3) is 0 Å². The van der Waals surface area contributed by atoms with Crippen LogP contribution in [0.25, 0.3) is 0 Å². The van der Waals surface area contributed by atoms with Crippen LogP contribution in [-0.2, 0) is 34.1 Å². The van der Waals surface area contributed by atoms with Crippen molar-refractivity contribution in [1.82, 2.24) is 15.1 Å². The zero-order chi connectivity index (χ0) is 17.0. The second-order valence-electron chi connectivity index (χ2n) is 5.96. The standard InChI is InChI=1S/C17H21N3O3S/c21-17(9-11-24(22,23)15-6-2-1-3-7-15)18-12-14-13-19-20-10-5-4-8-16(14)20/h1-3,6-7,13H,4-5,8-12H2,(H,18,21). The zero-order valence-electron chi connectivity index (χ0n) is 13.4. The Morgan fingerprint density at radius 3 is 2.79 bits per heavy atom. The second kappa shape index (κ2) is 7.17. The number of hydrogen-bond acceptors (Lipinski definition) is 4. The highest BCUT2D eigenvalue weighted by molar-refractivity contribution is 7.91. The average Bonchev–Trinajstić information content (AvgIpc) is 3.02. The number of aromatic nitrogens is 2. The van der Waals surface area contributed by atoms with E-state index in [0.29, 0.717) is 6.54 Å². The SMILES string of the molecule is O=C(CCS(=O)(=O)c1ccccc1)NCc1cnn2c1CCCC2. The number of carbonyl (C=O) groups excluding carboxylic acids is 1. The quantitative estimate of drug-likeness (QED) is 0.862. The number of hydrogen-bond donors (Lipinski definition) is 1. The first-order chi connectivity index (χ1) is 11.6. The van der Waals surface area contributed by atoms with Crippen LogP contribution in [0, 0.1) is 0 Å². The summed E-state index contributed by atoms with van der Waals surface area (Å²) in [5, 5.41) is 7.13. The third-order valence-corrected chi connectivity index (χ3v) is 5.98. The van der Waals surface area contributed by atoms with Crippen molar-refractivity contribution in [1.29, 1.82) is 0 Å². The molecule has 3 rings (SSSR count). The van der Waals surface area contributed by atoms with Crippen LogP contribution in [0.5, 0.6) is 0 Å². The molecule has 0 bridgehead atoms. The molecule has 0 spiro atoms. The smallest absolute Gasteiger partial charge is 0.221 e. The molecule has 0 aliphatic carbocycles. The first kappa shape index (κ1) is 16.7. The molecule has 2 aromatic rings. The molecule has 0 saturated heterocycles. The van der Waals surface area contributed by atoms with E-state index in [9.17, 15) is 13.2 Å². The molecule has 0 fully saturated rings. The topological polar surface area (TPSA) is 81.1 Å². The van der Waals surface area contributed by atoms with Crippen molar-refractivity contribution in [3.8, 4) is 0 Å². The molecule has 1 amide bonds. The van der Waals surface area contributed by atoms with E-state index in [1.54, 1.807) is 36.5 Å². The summed E-state index contributed by atoms with van der Waals surface area (Å²) in [6, 6.07) is 8.21. The number of rotatable bonds is 6. The number of nitrogens with one attached hydrogen (secondary N) is 1. The zero-order valence-corrected chi connectivity index (χ0v) is 14.3. The van der Waals surface area contributed by atoms with E-state index in [1.165, 1.54) is 5.69 Å². The van der Waals surface area contributed by atoms with Crippen LogP contribution >= 0.6 is 0 Å². The largest absolute Gasteiger partial charge is 0.352 e. The Morgan fingerprint density at radius 1 is 1.21 bits per heavy atom. The molecule has 0 radical (unpaired) electrons. The van der Waals surface area contributed by atoms with Crippen LogP contribution in [0.2, 0.25) is 0 Å². The van der Waals surface area contributed by atoms with Crippen molar-refractivity contribution in [2.75, 3.05) is 5.75 Å². The highest BCUT2D eigenvalue weighted by Gasteiger charge is 2.17.